The molecule has 0 aliphatic rings. The summed E-state index contributed by atoms with van der Waals surface area (Å²) in [7, 11) is 0. The third kappa shape index (κ3) is 13.1. The molecular formula is C23H50N2O3. The minimum atomic E-state index is -0.922. The van der Waals surface area contributed by atoms with Crippen molar-refractivity contribution in [3.8, 4) is 0 Å². The van der Waals surface area contributed by atoms with Crippen LogP contribution in [0.15, 0.2) is 0 Å². The first-order valence-corrected chi connectivity index (χ1v) is 12.0. The Morgan fingerprint density at radius 1 is 0.714 bits per heavy atom. The molecule has 0 saturated carbocycles. The molecule has 28 heavy (non-hydrogen) atoms. The van der Waals surface area contributed by atoms with Crippen LogP contribution in [0.1, 0.15) is 98.3 Å². The molecule has 1 atom stereocenters. The SMILES string of the molecule is CCCCCCCCC(CNCCCCCCN)C(OCC)(OCC)OCC. The van der Waals surface area contributed by atoms with E-state index in [0.717, 1.165) is 32.5 Å². The molecule has 0 aromatic rings. The monoisotopic (exact) mass is 402 g/mol. The molecule has 0 spiro atoms. The highest BCUT2D eigenvalue weighted by Crippen LogP contribution is 2.30. The van der Waals surface area contributed by atoms with Crippen LogP contribution in [0.2, 0.25) is 0 Å². The summed E-state index contributed by atoms with van der Waals surface area (Å²) in [5.41, 5.74) is 5.57. The lowest BCUT2D eigenvalue weighted by Crippen LogP contribution is -2.50. The predicted molar refractivity (Wildman–Crippen MR) is 119 cm³/mol. The van der Waals surface area contributed by atoms with Crippen LogP contribution < -0.4 is 11.1 Å². The number of ether oxygens (including phenoxy) is 3. The molecule has 0 radical (unpaired) electrons. The lowest BCUT2D eigenvalue weighted by atomic mass is 9.97. The fourth-order valence-corrected chi connectivity index (χ4v) is 3.68. The highest BCUT2D eigenvalue weighted by Gasteiger charge is 2.41. The fourth-order valence-electron chi connectivity index (χ4n) is 3.68. The number of nitrogens with two attached hydrogens (primary N) is 1. The Morgan fingerprint density at radius 2 is 1.25 bits per heavy atom. The largest absolute Gasteiger partial charge is 0.330 e. The predicted octanol–water partition coefficient (Wildman–Crippen LogP) is 5.23. The number of unbranched alkanes of at least 4 members (excludes halogenated alkanes) is 8. The summed E-state index contributed by atoms with van der Waals surface area (Å²) in [4.78, 5) is 0. The van der Waals surface area contributed by atoms with Gasteiger partial charge in [-0.05, 0) is 53.1 Å². The Hall–Kier alpha value is -0.200. The van der Waals surface area contributed by atoms with Gasteiger partial charge in [0.15, 0.2) is 0 Å². The molecule has 0 fully saturated rings. The van der Waals surface area contributed by atoms with Gasteiger partial charge in [0.05, 0.1) is 5.92 Å². The summed E-state index contributed by atoms with van der Waals surface area (Å²) in [6, 6.07) is 0. The van der Waals surface area contributed by atoms with Gasteiger partial charge in [0.1, 0.15) is 0 Å². The average molecular weight is 403 g/mol. The first kappa shape index (κ1) is 27.8. The van der Waals surface area contributed by atoms with E-state index in [1.807, 2.05) is 20.8 Å². The summed E-state index contributed by atoms with van der Waals surface area (Å²) < 4.78 is 18.2. The zero-order valence-corrected chi connectivity index (χ0v) is 19.4. The van der Waals surface area contributed by atoms with Crippen LogP contribution in [0.3, 0.4) is 0 Å². The van der Waals surface area contributed by atoms with Crippen LogP contribution in [0.25, 0.3) is 0 Å². The third-order valence-corrected chi connectivity index (χ3v) is 5.14. The van der Waals surface area contributed by atoms with Crippen molar-refractivity contribution in [3.05, 3.63) is 0 Å². The van der Waals surface area contributed by atoms with Gasteiger partial charge in [-0.25, -0.2) is 0 Å². The fraction of sp³-hybridized carbons (Fsp3) is 1.00. The summed E-state index contributed by atoms with van der Waals surface area (Å²) in [5.74, 6) is -0.726. The lowest BCUT2D eigenvalue weighted by molar-refractivity contribution is -0.401. The third-order valence-electron chi connectivity index (χ3n) is 5.14. The van der Waals surface area contributed by atoms with E-state index in [2.05, 4.69) is 12.2 Å². The van der Waals surface area contributed by atoms with Crippen molar-refractivity contribution in [2.24, 2.45) is 11.7 Å². The maximum Gasteiger partial charge on any atom is 0.287 e. The normalized spacial score (nSPS) is 13.2. The lowest BCUT2D eigenvalue weighted by Gasteiger charge is -2.39. The van der Waals surface area contributed by atoms with Gasteiger partial charge < -0.3 is 25.3 Å². The zero-order valence-electron chi connectivity index (χ0n) is 19.4. The first-order valence-electron chi connectivity index (χ1n) is 12.0. The van der Waals surface area contributed by atoms with E-state index in [4.69, 9.17) is 19.9 Å². The van der Waals surface area contributed by atoms with E-state index in [-0.39, 0.29) is 5.92 Å². The quantitative estimate of drug-likeness (QED) is 0.192. The Labute approximate surface area is 175 Å². The summed E-state index contributed by atoms with van der Waals surface area (Å²) in [5, 5.41) is 3.63. The van der Waals surface area contributed by atoms with Gasteiger partial charge >= 0.3 is 0 Å². The van der Waals surface area contributed by atoms with Crippen LogP contribution in [0, 0.1) is 5.92 Å². The van der Waals surface area contributed by atoms with Gasteiger partial charge in [0, 0.05) is 26.4 Å². The van der Waals surface area contributed by atoms with E-state index < -0.39 is 5.97 Å². The molecule has 0 aromatic carbocycles. The van der Waals surface area contributed by atoms with Crippen molar-refractivity contribution < 1.29 is 14.2 Å². The number of hydrogen-bond donors (Lipinski definition) is 2. The van der Waals surface area contributed by atoms with E-state index >= 15 is 0 Å². The van der Waals surface area contributed by atoms with E-state index in [1.54, 1.807) is 0 Å². The van der Waals surface area contributed by atoms with Gasteiger partial charge in [0.25, 0.3) is 5.97 Å². The minimum Gasteiger partial charge on any atom is -0.330 e. The molecule has 5 heteroatoms. The van der Waals surface area contributed by atoms with Gasteiger partial charge in [-0.15, -0.1) is 0 Å². The Balaban J connectivity index is 4.67. The highest BCUT2D eigenvalue weighted by molar-refractivity contribution is 4.75. The smallest absolute Gasteiger partial charge is 0.287 e. The molecule has 0 amide bonds. The zero-order chi connectivity index (χ0) is 20.9. The van der Waals surface area contributed by atoms with Crippen molar-refractivity contribution in [3.63, 3.8) is 0 Å². The van der Waals surface area contributed by atoms with E-state index in [0.29, 0.717) is 19.8 Å². The molecule has 1 unspecified atom stereocenters. The Kier molecular flexibility index (Phi) is 19.9. The summed E-state index contributed by atoms with van der Waals surface area (Å²) >= 11 is 0. The first-order chi connectivity index (χ1) is 13.7. The summed E-state index contributed by atoms with van der Waals surface area (Å²) in [6.45, 7) is 12.8. The van der Waals surface area contributed by atoms with Crippen molar-refractivity contribution in [1.29, 1.82) is 0 Å². The second-order valence-electron chi connectivity index (χ2n) is 7.56. The number of rotatable bonds is 22. The standard InChI is InChI=1S/C23H50N2O3/c1-5-9-10-11-12-15-18-22(21-25-20-17-14-13-16-19-24)23(26-6-2,27-7-3)28-8-4/h22,25H,5-21,24H2,1-4H3. The van der Waals surface area contributed by atoms with Crippen molar-refractivity contribution >= 4 is 0 Å². The van der Waals surface area contributed by atoms with Crippen molar-refractivity contribution in [2.75, 3.05) is 39.5 Å². The van der Waals surface area contributed by atoms with Crippen LogP contribution >= 0.6 is 0 Å². The number of nitrogens with one attached hydrogen (secondary N) is 1. The van der Waals surface area contributed by atoms with Crippen LogP contribution in [0.5, 0.6) is 0 Å². The maximum absolute atomic E-state index is 6.08. The van der Waals surface area contributed by atoms with Gasteiger partial charge in [-0.1, -0.05) is 58.3 Å². The minimum absolute atomic E-state index is 0.197. The van der Waals surface area contributed by atoms with E-state index in [1.165, 1.54) is 57.8 Å². The molecule has 0 bridgehead atoms. The molecule has 5 nitrogen and oxygen atoms in total. The Bertz CT molecular complexity index is 299. The molecule has 3 N–H and O–H groups in total. The molecule has 0 heterocycles. The maximum atomic E-state index is 6.08. The second-order valence-corrected chi connectivity index (χ2v) is 7.56. The molecule has 170 valence electrons. The molecule has 0 aromatic heterocycles. The molecule has 0 aliphatic heterocycles. The molecule has 0 rings (SSSR count). The van der Waals surface area contributed by atoms with Crippen LogP contribution in [-0.4, -0.2) is 45.4 Å². The Morgan fingerprint density at radius 3 is 1.82 bits per heavy atom. The average Bonchev–Trinajstić information content (AvgIpc) is 2.68. The summed E-state index contributed by atoms with van der Waals surface area (Å²) in [6.07, 6.45) is 13.6. The molecule has 0 saturated heterocycles. The number of hydrogen-bond acceptors (Lipinski definition) is 5. The van der Waals surface area contributed by atoms with Gasteiger partial charge in [-0.3, -0.25) is 0 Å². The van der Waals surface area contributed by atoms with Crippen LogP contribution in [0.4, 0.5) is 0 Å². The van der Waals surface area contributed by atoms with Gasteiger partial charge in [-0.2, -0.15) is 0 Å². The highest BCUT2D eigenvalue weighted by atomic mass is 16.9. The van der Waals surface area contributed by atoms with Gasteiger partial charge in [0.2, 0.25) is 0 Å². The molecule has 0 aliphatic carbocycles. The van der Waals surface area contributed by atoms with Crippen molar-refractivity contribution in [1.82, 2.24) is 5.32 Å². The molecular weight excluding hydrogens is 352 g/mol. The van der Waals surface area contributed by atoms with Crippen molar-refractivity contribution in [2.45, 2.75) is 104 Å². The van der Waals surface area contributed by atoms with E-state index in [9.17, 15) is 0 Å². The second kappa shape index (κ2) is 20.1. The van der Waals surface area contributed by atoms with Crippen LogP contribution in [-0.2, 0) is 14.2 Å². The topological polar surface area (TPSA) is 65.7 Å².